The van der Waals surface area contributed by atoms with Crippen molar-refractivity contribution in [1.82, 2.24) is 0 Å². The van der Waals surface area contributed by atoms with Crippen molar-refractivity contribution in [2.45, 2.75) is 52.2 Å². The molecule has 100 valence electrons. The van der Waals surface area contributed by atoms with Gasteiger partial charge >= 0.3 is 0 Å². The summed E-state index contributed by atoms with van der Waals surface area (Å²) in [5, 5.41) is 0.856. The number of halogens is 1. The number of rotatable bonds is 5. The van der Waals surface area contributed by atoms with Crippen molar-refractivity contribution in [3.63, 3.8) is 0 Å². The number of hydrogen-bond acceptors (Lipinski definition) is 2. The third kappa shape index (κ3) is 2.65. The van der Waals surface area contributed by atoms with Crippen LogP contribution in [-0.4, -0.2) is 19.3 Å². The standard InChI is InChI=1S/C15H21ClO2/c1-5-12-13(18-12)7-6-11-10(3)15(16)9(2)8-14(11)17-4/h8,12-13H,5-7H2,1-4H3. The first-order valence-corrected chi connectivity index (χ1v) is 6.94. The van der Waals surface area contributed by atoms with Gasteiger partial charge in [0, 0.05) is 5.02 Å². The van der Waals surface area contributed by atoms with E-state index in [1.54, 1.807) is 7.11 Å². The van der Waals surface area contributed by atoms with Gasteiger partial charge in [0.2, 0.25) is 0 Å². The summed E-state index contributed by atoms with van der Waals surface area (Å²) in [6, 6.07) is 2.02. The van der Waals surface area contributed by atoms with Gasteiger partial charge in [0.1, 0.15) is 5.75 Å². The minimum absolute atomic E-state index is 0.430. The van der Waals surface area contributed by atoms with Crippen molar-refractivity contribution in [3.8, 4) is 5.75 Å². The van der Waals surface area contributed by atoms with Crippen LogP contribution in [0.1, 0.15) is 36.5 Å². The first kappa shape index (κ1) is 13.7. The maximum absolute atomic E-state index is 6.31. The summed E-state index contributed by atoms with van der Waals surface area (Å²) < 4.78 is 11.0. The van der Waals surface area contributed by atoms with Crippen LogP contribution in [0.3, 0.4) is 0 Å². The largest absolute Gasteiger partial charge is 0.496 e. The van der Waals surface area contributed by atoms with Gasteiger partial charge < -0.3 is 9.47 Å². The summed E-state index contributed by atoms with van der Waals surface area (Å²) in [6.45, 7) is 6.25. The molecular formula is C15H21ClO2. The molecule has 2 rings (SSSR count). The van der Waals surface area contributed by atoms with E-state index in [0.717, 1.165) is 41.2 Å². The molecule has 0 radical (unpaired) electrons. The third-order valence-corrected chi connectivity index (χ3v) is 4.34. The molecule has 1 aromatic rings. The zero-order valence-electron chi connectivity index (χ0n) is 11.5. The summed E-state index contributed by atoms with van der Waals surface area (Å²) in [5.74, 6) is 0.947. The molecule has 1 aliphatic heterocycles. The number of methoxy groups -OCH3 is 1. The van der Waals surface area contributed by atoms with E-state index < -0.39 is 0 Å². The van der Waals surface area contributed by atoms with Crippen molar-refractivity contribution in [2.24, 2.45) is 0 Å². The van der Waals surface area contributed by atoms with E-state index in [4.69, 9.17) is 21.1 Å². The van der Waals surface area contributed by atoms with Gasteiger partial charge in [-0.2, -0.15) is 0 Å². The molecule has 0 amide bonds. The van der Waals surface area contributed by atoms with Crippen molar-refractivity contribution in [3.05, 3.63) is 27.8 Å². The second-order valence-corrected chi connectivity index (χ2v) is 5.35. The van der Waals surface area contributed by atoms with Crippen LogP contribution in [0.4, 0.5) is 0 Å². The molecule has 0 bridgehead atoms. The number of ether oxygens (including phenoxy) is 2. The highest BCUT2D eigenvalue weighted by molar-refractivity contribution is 6.32. The summed E-state index contributed by atoms with van der Waals surface area (Å²) in [6.07, 6.45) is 4.03. The zero-order chi connectivity index (χ0) is 13.3. The Morgan fingerprint density at radius 3 is 2.61 bits per heavy atom. The second kappa shape index (κ2) is 5.50. The highest BCUT2D eigenvalue weighted by Gasteiger charge is 2.36. The van der Waals surface area contributed by atoms with Gasteiger partial charge in [-0.15, -0.1) is 0 Å². The molecule has 0 saturated carbocycles. The monoisotopic (exact) mass is 268 g/mol. The minimum atomic E-state index is 0.430. The Hall–Kier alpha value is -0.730. The maximum atomic E-state index is 6.31. The van der Waals surface area contributed by atoms with Gasteiger partial charge in [0.25, 0.3) is 0 Å². The maximum Gasteiger partial charge on any atom is 0.122 e. The Balaban J connectivity index is 2.13. The predicted molar refractivity (Wildman–Crippen MR) is 74.8 cm³/mol. The minimum Gasteiger partial charge on any atom is -0.496 e. The van der Waals surface area contributed by atoms with E-state index in [-0.39, 0.29) is 0 Å². The van der Waals surface area contributed by atoms with Gasteiger partial charge in [-0.05, 0) is 55.9 Å². The third-order valence-electron chi connectivity index (χ3n) is 3.76. The molecular weight excluding hydrogens is 248 g/mol. The molecule has 2 atom stereocenters. The smallest absolute Gasteiger partial charge is 0.122 e. The van der Waals surface area contributed by atoms with E-state index in [9.17, 15) is 0 Å². The van der Waals surface area contributed by atoms with Crippen molar-refractivity contribution >= 4 is 11.6 Å². The van der Waals surface area contributed by atoms with Crippen molar-refractivity contribution in [2.75, 3.05) is 7.11 Å². The van der Waals surface area contributed by atoms with Gasteiger partial charge in [-0.1, -0.05) is 18.5 Å². The van der Waals surface area contributed by atoms with Crippen LogP contribution in [0.2, 0.25) is 5.02 Å². The Kier molecular flexibility index (Phi) is 4.18. The average molecular weight is 269 g/mol. The Labute approximate surface area is 114 Å². The van der Waals surface area contributed by atoms with Crippen LogP contribution in [0.25, 0.3) is 0 Å². The molecule has 0 N–H and O–H groups in total. The predicted octanol–water partition coefficient (Wildman–Crippen LogP) is 4.08. The second-order valence-electron chi connectivity index (χ2n) is 4.97. The van der Waals surface area contributed by atoms with Crippen LogP contribution in [-0.2, 0) is 11.2 Å². The number of hydrogen-bond donors (Lipinski definition) is 0. The first-order chi connectivity index (χ1) is 8.58. The lowest BCUT2D eigenvalue weighted by Gasteiger charge is -2.14. The van der Waals surface area contributed by atoms with Crippen LogP contribution in [0, 0.1) is 13.8 Å². The Morgan fingerprint density at radius 1 is 1.33 bits per heavy atom. The average Bonchev–Trinajstić information content (AvgIpc) is 3.13. The molecule has 1 fully saturated rings. The van der Waals surface area contributed by atoms with E-state index in [1.165, 1.54) is 5.56 Å². The molecule has 0 aliphatic carbocycles. The fraction of sp³-hybridized carbons (Fsp3) is 0.600. The molecule has 1 saturated heterocycles. The summed E-state index contributed by atoms with van der Waals surface area (Å²) in [7, 11) is 1.72. The van der Waals surface area contributed by atoms with Crippen LogP contribution < -0.4 is 4.74 Å². The van der Waals surface area contributed by atoms with Crippen LogP contribution in [0.5, 0.6) is 5.75 Å². The normalized spacial score (nSPS) is 22.1. The fourth-order valence-corrected chi connectivity index (χ4v) is 2.70. The number of epoxide rings is 1. The molecule has 0 spiro atoms. The quantitative estimate of drug-likeness (QED) is 0.751. The summed E-state index contributed by atoms with van der Waals surface area (Å²) >= 11 is 6.31. The van der Waals surface area contributed by atoms with Crippen molar-refractivity contribution in [1.29, 1.82) is 0 Å². The highest BCUT2D eigenvalue weighted by atomic mass is 35.5. The highest BCUT2D eigenvalue weighted by Crippen LogP contribution is 2.35. The van der Waals surface area contributed by atoms with Gasteiger partial charge in [0.15, 0.2) is 0 Å². The van der Waals surface area contributed by atoms with E-state index in [0.29, 0.717) is 12.2 Å². The SMILES string of the molecule is CCC1OC1CCc1c(OC)cc(C)c(Cl)c1C. The molecule has 3 heteroatoms. The lowest BCUT2D eigenvalue weighted by Crippen LogP contribution is -2.01. The van der Waals surface area contributed by atoms with Gasteiger partial charge in [-0.3, -0.25) is 0 Å². The number of benzene rings is 1. The molecule has 2 nitrogen and oxygen atoms in total. The molecule has 0 aromatic heterocycles. The van der Waals surface area contributed by atoms with E-state index in [2.05, 4.69) is 13.8 Å². The summed E-state index contributed by atoms with van der Waals surface area (Å²) in [5.41, 5.74) is 3.43. The fourth-order valence-electron chi connectivity index (χ4n) is 2.53. The number of aryl methyl sites for hydroxylation is 1. The first-order valence-electron chi connectivity index (χ1n) is 6.56. The Morgan fingerprint density at radius 2 is 2.06 bits per heavy atom. The molecule has 2 unspecified atom stereocenters. The molecule has 1 aromatic carbocycles. The molecule has 1 heterocycles. The topological polar surface area (TPSA) is 21.8 Å². The molecule has 18 heavy (non-hydrogen) atoms. The molecule has 1 aliphatic rings. The van der Waals surface area contributed by atoms with Crippen LogP contribution >= 0.6 is 11.6 Å². The van der Waals surface area contributed by atoms with Crippen LogP contribution in [0.15, 0.2) is 6.07 Å². The zero-order valence-corrected chi connectivity index (χ0v) is 12.3. The summed E-state index contributed by atoms with van der Waals surface area (Å²) in [4.78, 5) is 0. The van der Waals surface area contributed by atoms with Gasteiger partial charge in [-0.25, -0.2) is 0 Å². The van der Waals surface area contributed by atoms with Gasteiger partial charge in [0.05, 0.1) is 19.3 Å². The van der Waals surface area contributed by atoms with Crippen molar-refractivity contribution < 1.29 is 9.47 Å². The van der Waals surface area contributed by atoms with E-state index >= 15 is 0 Å². The van der Waals surface area contributed by atoms with E-state index in [1.807, 2.05) is 13.0 Å². The lowest BCUT2D eigenvalue weighted by atomic mass is 9.98. The lowest BCUT2D eigenvalue weighted by molar-refractivity contribution is 0.358. The Bertz CT molecular complexity index is 443.